The summed E-state index contributed by atoms with van der Waals surface area (Å²) in [6, 6.07) is 4.48. The van der Waals surface area contributed by atoms with Gasteiger partial charge < -0.3 is 10.1 Å². The third kappa shape index (κ3) is 4.55. The van der Waals surface area contributed by atoms with Crippen LogP contribution in [0.15, 0.2) is 18.2 Å². The lowest BCUT2D eigenvalue weighted by molar-refractivity contribution is -0.146. The number of carbonyl (C=O) groups is 2. The van der Waals surface area contributed by atoms with Crippen LogP contribution in [0.2, 0.25) is 10.0 Å². The maximum absolute atomic E-state index is 11.7. The second kappa shape index (κ2) is 6.61. The monoisotopic (exact) mass is 289 g/mol. The Hall–Kier alpha value is -1.26. The Bertz CT molecular complexity index is 461. The van der Waals surface area contributed by atoms with E-state index in [1.165, 1.54) is 18.2 Å². The Kier molecular flexibility index (Phi) is 5.44. The predicted molar refractivity (Wildman–Crippen MR) is 70.0 cm³/mol. The zero-order valence-corrected chi connectivity index (χ0v) is 11.5. The van der Waals surface area contributed by atoms with Crippen molar-refractivity contribution in [2.75, 3.05) is 6.54 Å². The molecule has 0 aliphatic rings. The Balaban J connectivity index is 2.55. The molecule has 0 saturated heterocycles. The van der Waals surface area contributed by atoms with Crippen LogP contribution >= 0.6 is 23.2 Å². The van der Waals surface area contributed by atoms with Crippen LogP contribution in [0.1, 0.15) is 24.2 Å². The van der Waals surface area contributed by atoms with E-state index in [-0.39, 0.29) is 17.7 Å². The summed E-state index contributed by atoms with van der Waals surface area (Å²) in [5.74, 6) is -0.896. The highest BCUT2D eigenvalue weighted by Gasteiger charge is 2.11. The molecule has 98 valence electrons. The summed E-state index contributed by atoms with van der Waals surface area (Å²) in [6.45, 7) is 3.29. The number of hydrogen-bond donors (Lipinski definition) is 1. The minimum Gasteiger partial charge on any atom is -0.462 e. The lowest BCUT2D eigenvalue weighted by atomic mass is 10.2. The number of halogens is 2. The van der Waals surface area contributed by atoms with E-state index >= 15 is 0 Å². The minimum atomic E-state index is -0.488. The van der Waals surface area contributed by atoms with Gasteiger partial charge in [0.05, 0.1) is 16.1 Å². The van der Waals surface area contributed by atoms with E-state index in [0.29, 0.717) is 10.6 Å². The summed E-state index contributed by atoms with van der Waals surface area (Å²) in [6.07, 6.45) is -0.209. The second-order valence-corrected chi connectivity index (χ2v) is 4.66. The minimum absolute atomic E-state index is 0.183. The second-order valence-electron chi connectivity index (χ2n) is 3.85. The first-order chi connectivity index (χ1) is 8.40. The van der Waals surface area contributed by atoms with Crippen LogP contribution in [0.3, 0.4) is 0 Å². The maximum Gasteiger partial charge on any atom is 0.325 e. The lowest BCUT2D eigenvalue weighted by Crippen LogP contribution is -2.31. The zero-order valence-electron chi connectivity index (χ0n) is 10.00. The van der Waals surface area contributed by atoms with Gasteiger partial charge in [-0.05, 0) is 32.0 Å². The highest BCUT2D eigenvalue weighted by atomic mass is 35.5. The van der Waals surface area contributed by atoms with Gasteiger partial charge in [-0.25, -0.2) is 0 Å². The predicted octanol–water partition coefficient (Wildman–Crippen LogP) is 2.67. The van der Waals surface area contributed by atoms with E-state index < -0.39 is 11.9 Å². The Morgan fingerprint density at radius 2 is 1.94 bits per heavy atom. The van der Waals surface area contributed by atoms with Crippen molar-refractivity contribution in [2.45, 2.75) is 20.0 Å². The molecule has 0 saturated carbocycles. The average molecular weight is 290 g/mol. The third-order valence-corrected chi connectivity index (χ3v) is 2.68. The first-order valence-electron chi connectivity index (χ1n) is 5.33. The van der Waals surface area contributed by atoms with Crippen molar-refractivity contribution in [3.63, 3.8) is 0 Å². The molecule has 1 aromatic carbocycles. The molecule has 0 fully saturated rings. The molecular formula is C12H13Cl2NO3. The fraction of sp³-hybridized carbons (Fsp3) is 0.333. The number of esters is 1. The van der Waals surface area contributed by atoms with Gasteiger partial charge in [-0.15, -0.1) is 0 Å². The molecule has 0 bridgehead atoms. The van der Waals surface area contributed by atoms with Crippen molar-refractivity contribution in [2.24, 2.45) is 0 Å². The Morgan fingerprint density at radius 1 is 1.28 bits per heavy atom. The molecule has 0 aromatic heterocycles. The molecule has 0 unspecified atom stereocenters. The highest BCUT2D eigenvalue weighted by molar-refractivity contribution is 6.42. The van der Waals surface area contributed by atoms with Crippen molar-refractivity contribution in [3.05, 3.63) is 33.8 Å². The molecule has 0 atom stereocenters. The van der Waals surface area contributed by atoms with Gasteiger partial charge in [0.25, 0.3) is 5.91 Å². The van der Waals surface area contributed by atoms with Gasteiger partial charge in [0.1, 0.15) is 6.54 Å². The van der Waals surface area contributed by atoms with Gasteiger partial charge in [-0.2, -0.15) is 0 Å². The standard InChI is InChI=1S/C12H13Cl2NO3/c1-7(2)18-11(16)6-15-12(17)8-3-4-9(13)10(14)5-8/h3-5,7H,6H2,1-2H3,(H,15,17). The summed E-state index contributed by atoms with van der Waals surface area (Å²) in [5.41, 5.74) is 0.335. The maximum atomic E-state index is 11.7. The van der Waals surface area contributed by atoms with E-state index in [1.807, 2.05) is 0 Å². The number of rotatable bonds is 4. The van der Waals surface area contributed by atoms with Crippen molar-refractivity contribution < 1.29 is 14.3 Å². The topological polar surface area (TPSA) is 55.4 Å². The van der Waals surface area contributed by atoms with Crippen molar-refractivity contribution in [1.82, 2.24) is 5.32 Å². The number of amides is 1. The fourth-order valence-electron chi connectivity index (χ4n) is 1.20. The molecule has 18 heavy (non-hydrogen) atoms. The first kappa shape index (κ1) is 14.8. The van der Waals surface area contributed by atoms with E-state index in [0.717, 1.165) is 0 Å². The largest absolute Gasteiger partial charge is 0.462 e. The summed E-state index contributed by atoms with van der Waals surface area (Å²) in [7, 11) is 0. The number of hydrogen-bond acceptors (Lipinski definition) is 3. The van der Waals surface area contributed by atoms with E-state index in [9.17, 15) is 9.59 Å². The van der Waals surface area contributed by atoms with E-state index in [2.05, 4.69) is 5.32 Å². The van der Waals surface area contributed by atoms with Crippen molar-refractivity contribution in [1.29, 1.82) is 0 Å². The van der Waals surface area contributed by atoms with Gasteiger partial charge in [-0.1, -0.05) is 23.2 Å². The summed E-state index contributed by atoms with van der Waals surface area (Å²) < 4.78 is 4.88. The third-order valence-electron chi connectivity index (χ3n) is 1.94. The molecule has 1 rings (SSSR count). The Morgan fingerprint density at radius 3 is 2.50 bits per heavy atom. The van der Waals surface area contributed by atoms with E-state index in [1.54, 1.807) is 13.8 Å². The number of carbonyl (C=O) groups excluding carboxylic acids is 2. The molecule has 0 spiro atoms. The van der Waals surface area contributed by atoms with Crippen LogP contribution in [-0.2, 0) is 9.53 Å². The van der Waals surface area contributed by atoms with Crippen LogP contribution < -0.4 is 5.32 Å². The number of ether oxygens (including phenoxy) is 1. The van der Waals surface area contributed by atoms with E-state index in [4.69, 9.17) is 27.9 Å². The van der Waals surface area contributed by atoms with Crippen molar-refractivity contribution >= 4 is 35.1 Å². The molecule has 0 radical (unpaired) electrons. The van der Waals surface area contributed by atoms with Crippen LogP contribution in [-0.4, -0.2) is 24.5 Å². The highest BCUT2D eigenvalue weighted by Crippen LogP contribution is 2.22. The molecule has 4 nitrogen and oxygen atoms in total. The van der Waals surface area contributed by atoms with Gasteiger partial charge in [0.2, 0.25) is 0 Å². The molecule has 6 heteroatoms. The molecule has 0 aliphatic heterocycles. The lowest BCUT2D eigenvalue weighted by Gasteiger charge is -2.09. The molecule has 0 heterocycles. The number of benzene rings is 1. The van der Waals surface area contributed by atoms with Gasteiger partial charge >= 0.3 is 5.97 Å². The van der Waals surface area contributed by atoms with Gasteiger partial charge in [0, 0.05) is 5.56 Å². The molecular weight excluding hydrogens is 277 g/mol. The average Bonchev–Trinajstić information content (AvgIpc) is 2.28. The van der Waals surface area contributed by atoms with Crippen LogP contribution in [0.5, 0.6) is 0 Å². The van der Waals surface area contributed by atoms with Gasteiger partial charge in [0.15, 0.2) is 0 Å². The van der Waals surface area contributed by atoms with Crippen molar-refractivity contribution in [3.8, 4) is 0 Å². The molecule has 1 amide bonds. The first-order valence-corrected chi connectivity index (χ1v) is 6.08. The van der Waals surface area contributed by atoms with Crippen LogP contribution in [0.4, 0.5) is 0 Å². The SMILES string of the molecule is CC(C)OC(=O)CNC(=O)c1ccc(Cl)c(Cl)c1. The van der Waals surface area contributed by atoms with Gasteiger partial charge in [-0.3, -0.25) is 9.59 Å². The summed E-state index contributed by atoms with van der Waals surface area (Å²) in [5, 5.41) is 3.09. The normalized spacial score (nSPS) is 10.3. The smallest absolute Gasteiger partial charge is 0.325 e. The number of nitrogens with one attached hydrogen (secondary N) is 1. The Labute approximate surface area is 115 Å². The fourth-order valence-corrected chi connectivity index (χ4v) is 1.49. The zero-order chi connectivity index (χ0) is 13.7. The molecule has 0 aliphatic carbocycles. The molecule has 1 N–H and O–H groups in total. The summed E-state index contributed by atoms with van der Waals surface area (Å²) >= 11 is 11.5. The van der Waals surface area contributed by atoms with Crippen LogP contribution in [0.25, 0.3) is 0 Å². The van der Waals surface area contributed by atoms with Crippen LogP contribution in [0, 0.1) is 0 Å². The molecule has 1 aromatic rings. The summed E-state index contributed by atoms with van der Waals surface area (Å²) in [4.78, 5) is 22.9. The quantitative estimate of drug-likeness (QED) is 0.867.